The van der Waals surface area contributed by atoms with E-state index in [1.54, 1.807) is 0 Å². The summed E-state index contributed by atoms with van der Waals surface area (Å²) in [5, 5.41) is 0. The van der Waals surface area contributed by atoms with Crippen molar-refractivity contribution >= 4 is 11.7 Å². The van der Waals surface area contributed by atoms with Gasteiger partial charge in [0.2, 0.25) is 0 Å². The van der Waals surface area contributed by atoms with Gasteiger partial charge < -0.3 is 10.5 Å². The lowest BCUT2D eigenvalue weighted by Crippen LogP contribution is -2.16. The van der Waals surface area contributed by atoms with Crippen molar-refractivity contribution in [2.45, 2.75) is 12.3 Å². The first kappa shape index (κ1) is 13.1. The van der Waals surface area contributed by atoms with Crippen LogP contribution in [0.15, 0.2) is 54.6 Å². The van der Waals surface area contributed by atoms with Gasteiger partial charge in [-0.3, -0.25) is 4.79 Å². The third-order valence-electron chi connectivity index (χ3n) is 3.11. The molecule has 0 radical (unpaired) electrons. The Morgan fingerprint density at radius 3 is 2.32 bits per heavy atom. The fraction of sp³-hybridized carbons (Fsp3) is 0.188. The summed E-state index contributed by atoms with van der Waals surface area (Å²) >= 11 is 0. The van der Waals surface area contributed by atoms with Crippen molar-refractivity contribution in [3.8, 4) is 0 Å². The van der Waals surface area contributed by atoms with Crippen LogP contribution in [0.5, 0.6) is 0 Å². The molecule has 0 fully saturated rings. The summed E-state index contributed by atoms with van der Waals surface area (Å²) in [6, 6.07) is 17.2. The minimum atomic E-state index is -0.283. The second-order valence-electron chi connectivity index (χ2n) is 4.43. The molecule has 0 aliphatic carbocycles. The summed E-state index contributed by atoms with van der Waals surface area (Å²) in [5.41, 5.74) is 8.41. The van der Waals surface area contributed by atoms with Gasteiger partial charge in [0.15, 0.2) is 0 Å². The highest BCUT2D eigenvalue weighted by Crippen LogP contribution is 2.22. The third-order valence-corrected chi connectivity index (χ3v) is 3.11. The van der Waals surface area contributed by atoms with Gasteiger partial charge in [0, 0.05) is 5.69 Å². The van der Waals surface area contributed by atoms with Crippen LogP contribution in [0, 0.1) is 0 Å². The molecule has 3 nitrogen and oxygen atoms in total. The molecule has 0 saturated carbocycles. The van der Waals surface area contributed by atoms with E-state index in [0.29, 0.717) is 6.42 Å². The number of esters is 1. The number of ether oxygens (including phenoxy) is 1. The lowest BCUT2D eigenvalue weighted by atomic mass is 9.92. The number of rotatable bonds is 4. The van der Waals surface area contributed by atoms with E-state index in [-0.39, 0.29) is 11.9 Å². The second kappa shape index (κ2) is 6.05. The number of hydrogen-bond donors (Lipinski definition) is 1. The van der Waals surface area contributed by atoms with E-state index in [2.05, 4.69) is 0 Å². The first-order chi connectivity index (χ1) is 9.20. The molecular weight excluding hydrogens is 238 g/mol. The zero-order valence-corrected chi connectivity index (χ0v) is 10.9. The summed E-state index contributed by atoms with van der Waals surface area (Å²) in [7, 11) is 1.42. The van der Waals surface area contributed by atoms with Gasteiger partial charge in [-0.25, -0.2) is 0 Å². The van der Waals surface area contributed by atoms with Crippen molar-refractivity contribution in [1.29, 1.82) is 0 Å². The number of nitrogen functional groups attached to an aromatic ring is 1. The number of carbonyl (C=O) groups is 1. The van der Waals surface area contributed by atoms with Gasteiger partial charge in [0.25, 0.3) is 0 Å². The van der Waals surface area contributed by atoms with Crippen LogP contribution in [0.4, 0.5) is 5.69 Å². The molecule has 2 N–H and O–H groups in total. The standard InChI is InChI=1S/C16H17NO2/c1-19-16(18)15(13-5-3-2-4-6-13)11-12-7-9-14(17)10-8-12/h2-10,15H,11,17H2,1H3/t15-/m1/s1. The lowest BCUT2D eigenvalue weighted by Gasteiger charge is -2.15. The molecule has 0 aliphatic heterocycles. The van der Waals surface area contributed by atoms with Crippen LogP contribution in [0.2, 0.25) is 0 Å². The lowest BCUT2D eigenvalue weighted by molar-refractivity contribution is -0.142. The highest BCUT2D eigenvalue weighted by atomic mass is 16.5. The molecule has 2 rings (SSSR count). The Kier molecular flexibility index (Phi) is 4.18. The van der Waals surface area contributed by atoms with Gasteiger partial charge in [-0.2, -0.15) is 0 Å². The predicted octanol–water partition coefficient (Wildman–Crippen LogP) is 2.77. The quantitative estimate of drug-likeness (QED) is 0.675. The average Bonchev–Trinajstić information content (AvgIpc) is 2.47. The highest BCUT2D eigenvalue weighted by molar-refractivity contribution is 5.78. The number of nitrogens with two attached hydrogens (primary N) is 1. The van der Waals surface area contributed by atoms with Crippen LogP contribution >= 0.6 is 0 Å². The number of hydrogen-bond acceptors (Lipinski definition) is 3. The summed E-state index contributed by atoms with van der Waals surface area (Å²) in [6.07, 6.45) is 0.608. The number of carbonyl (C=O) groups excluding carboxylic acids is 1. The summed E-state index contributed by atoms with van der Waals surface area (Å²) < 4.78 is 4.90. The van der Waals surface area contributed by atoms with Gasteiger partial charge in [-0.1, -0.05) is 42.5 Å². The molecule has 0 spiro atoms. The first-order valence-electron chi connectivity index (χ1n) is 6.18. The van der Waals surface area contributed by atoms with E-state index < -0.39 is 0 Å². The van der Waals surface area contributed by atoms with E-state index in [1.807, 2.05) is 54.6 Å². The zero-order chi connectivity index (χ0) is 13.7. The van der Waals surface area contributed by atoms with E-state index in [1.165, 1.54) is 7.11 Å². The molecule has 19 heavy (non-hydrogen) atoms. The zero-order valence-electron chi connectivity index (χ0n) is 10.9. The van der Waals surface area contributed by atoms with Gasteiger partial charge in [0.1, 0.15) is 0 Å². The van der Waals surface area contributed by atoms with Crippen LogP contribution in [-0.4, -0.2) is 13.1 Å². The smallest absolute Gasteiger partial charge is 0.313 e. The molecule has 1 atom stereocenters. The van der Waals surface area contributed by atoms with Crippen molar-refractivity contribution in [1.82, 2.24) is 0 Å². The second-order valence-corrected chi connectivity index (χ2v) is 4.43. The van der Waals surface area contributed by atoms with Crippen molar-refractivity contribution < 1.29 is 9.53 Å². The van der Waals surface area contributed by atoms with E-state index in [4.69, 9.17) is 10.5 Å². The Hall–Kier alpha value is -2.29. The van der Waals surface area contributed by atoms with E-state index >= 15 is 0 Å². The van der Waals surface area contributed by atoms with Crippen molar-refractivity contribution in [3.63, 3.8) is 0 Å². The molecule has 0 bridgehead atoms. The van der Waals surface area contributed by atoms with Crippen LogP contribution < -0.4 is 5.73 Å². The number of benzene rings is 2. The Bertz CT molecular complexity index is 534. The van der Waals surface area contributed by atoms with Crippen molar-refractivity contribution in [2.24, 2.45) is 0 Å². The maximum atomic E-state index is 11.9. The summed E-state index contributed by atoms with van der Waals surface area (Å²) in [5.74, 6) is -0.502. The average molecular weight is 255 g/mol. The Morgan fingerprint density at radius 1 is 1.11 bits per heavy atom. The van der Waals surface area contributed by atoms with Crippen LogP contribution in [0.25, 0.3) is 0 Å². The number of anilines is 1. The molecule has 0 amide bonds. The largest absolute Gasteiger partial charge is 0.469 e. The first-order valence-corrected chi connectivity index (χ1v) is 6.18. The topological polar surface area (TPSA) is 52.3 Å². The maximum absolute atomic E-state index is 11.9. The maximum Gasteiger partial charge on any atom is 0.313 e. The van der Waals surface area contributed by atoms with E-state index in [0.717, 1.165) is 16.8 Å². The van der Waals surface area contributed by atoms with Gasteiger partial charge >= 0.3 is 5.97 Å². The fourth-order valence-electron chi connectivity index (χ4n) is 2.05. The molecule has 0 aromatic heterocycles. The molecule has 0 aliphatic rings. The number of methoxy groups -OCH3 is 1. The van der Waals surface area contributed by atoms with Crippen molar-refractivity contribution in [3.05, 3.63) is 65.7 Å². The Morgan fingerprint density at radius 2 is 1.74 bits per heavy atom. The molecule has 0 saturated heterocycles. The monoisotopic (exact) mass is 255 g/mol. The predicted molar refractivity (Wildman–Crippen MR) is 75.8 cm³/mol. The normalized spacial score (nSPS) is 11.8. The minimum absolute atomic E-state index is 0.219. The molecule has 98 valence electrons. The molecule has 3 heteroatoms. The summed E-state index contributed by atoms with van der Waals surface area (Å²) in [4.78, 5) is 11.9. The Balaban J connectivity index is 2.24. The van der Waals surface area contributed by atoms with Crippen LogP contribution in [0.1, 0.15) is 17.0 Å². The summed E-state index contributed by atoms with van der Waals surface area (Å²) in [6.45, 7) is 0. The van der Waals surface area contributed by atoms with Crippen molar-refractivity contribution in [2.75, 3.05) is 12.8 Å². The van der Waals surface area contributed by atoms with Gasteiger partial charge in [-0.15, -0.1) is 0 Å². The molecule has 2 aromatic carbocycles. The van der Waals surface area contributed by atoms with Crippen LogP contribution in [0.3, 0.4) is 0 Å². The molecule has 0 heterocycles. The van der Waals surface area contributed by atoms with Gasteiger partial charge in [-0.05, 0) is 29.7 Å². The molecular formula is C16H17NO2. The third kappa shape index (κ3) is 3.35. The molecule has 2 aromatic rings. The minimum Gasteiger partial charge on any atom is -0.469 e. The SMILES string of the molecule is COC(=O)[C@H](Cc1ccc(N)cc1)c1ccccc1. The highest BCUT2D eigenvalue weighted by Gasteiger charge is 2.21. The van der Waals surface area contributed by atoms with Crippen LogP contribution in [-0.2, 0) is 16.0 Å². The van der Waals surface area contributed by atoms with Gasteiger partial charge in [0.05, 0.1) is 13.0 Å². The Labute approximate surface area is 113 Å². The van der Waals surface area contributed by atoms with E-state index in [9.17, 15) is 4.79 Å². The fourth-order valence-corrected chi connectivity index (χ4v) is 2.05. The molecule has 0 unspecified atom stereocenters.